The number of hydrogen-bond acceptors (Lipinski definition) is 4. The minimum absolute atomic E-state index is 0.0727. The molecule has 0 spiro atoms. The van der Waals surface area contributed by atoms with Crippen molar-refractivity contribution in [3.8, 4) is 5.75 Å². The predicted octanol–water partition coefficient (Wildman–Crippen LogP) is 4.98. The van der Waals surface area contributed by atoms with Crippen LogP contribution in [-0.2, 0) is 22.4 Å². The Morgan fingerprint density at radius 2 is 1.76 bits per heavy atom. The van der Waals surface area contributed by atoms with Crippen LogP contribution < -0.4 is 4.74 Å². The lowest BCUT2D eigenvalue weighted by molar-refractivity contribution is -0.139. The molecule has 0 aromatic heterocycles. The number of benzene rings is 3. The van der Waals surface area contributed by atoms with Crippen LogP contribution in [0.3, 0.4) is 0 Å². The lowest BCUT2D eigenvalue weighted by Crippen LogP contribution is -2.31. The van der Waals surface area contributed by atoms with Crippen LogP contribution in [0, 0.1) is 6.92 Å². The Hall–Kier alpha value is -3.86. The number of hydrogen-bond donors (Lipinski definition) is 1. The Labute approximate surface area is 199 Å². The first-order valence-electron chi connectivity index (χ1n) is 11.6. The molecule has 5 nitrogen and oxygen atoms in total. The number of nitrogens with zero attached hydrogens (tertiary/aromatic N) is 1. The van der Waals surface area contributed by atoms with Gasteiger partial charge in [-0.3, -0.25) is 9.59 Å². The molecule has 2 atom stereocenters. The van der Waals surface area contributed by atoms with Crippen molar-refractivity contribution in [3.05, 3.63) is 106 Å². The summed E-state index contributed by atoms with van der Waals surface area (Å²) >= 11 is 0. The number of amides is 1. The highest BCUT2D eigenvalue weighted by Crippen LogP contribution is 2.40. The van der Waals surface area contributed by atoms with Crippen molar-refractivity contribution in [3.63, 3.8) is 0 Å². The fourth-order valence-electron chi connectivity index (χ4n) is 4.83. The van der Waals surface area contributed by atoms with Gasteiger partial charge in [0, 0.05) is 18.5 Å². The molecule has 172 valence electrons. The third-order valence-corrected chi connectivity index (χ3v) is 6.59. The maximum absolute atomic E-state index is 13.2. The molecular formula is C29H27NO4. The number of carbonyl (C=O) groups excluding carboxylic acids is 2. The molecule has 0 unspecified atom stereocenters. The minimum Gasteiger partial charge on any atom is -0.507 e. The molecule has 1 N–H and O–H groups in total. The highest BCUT2D eigenvalue weighted by Gasteiger charge is 2.45. The molecule has 5 rings (SSSR count). The van der Waals surface area contributed by atoms with Crippen LogP contribution in [0.25, 0.3) is 5.76 Å². The molecule has 1 fully saturated rings. The van der Waals surface area contributed by atoms with Gasteiger partial charge in [-0.2, -0.15) is 0 Å². The number of rotatable bonds is 5. The van der Waals surface area contributed by atoms with E-state index in [9.17, 15) is 14.7 Å². The second-order valence-electron chi connectivity index (χ2n) is 9.09. The van der Waals surface area contributed by atoms with Gasteiger partial charge in [0.05, 0.1) is 11.6 Å². The molecule has 2 aliphatic rings. The zero-order valence-electron chi connectivity index (χ0n) is 19.3. The van der Waals surface area contributed by atoms with Gasteiger partial charge in [0.25, 0.3) is 11.7 Å². The third kappa shape index (κ3) is 3.98. The Kier molecular flexibility index (Phi) is 5.70. The van der Waals surface area contributed by atoms with Crippen molar-refractivity contribution in [2.45, 2.75) is 38.8 Å². The topological polar surface area (TPSA) is 66.8 Å². The summed E-state index contributed by atoms with van der Waals surface area (Å²) in [4.78, 5) is 28.0. The van der Waals surface area contributed by atoms with Crippen LogP contribution in [0.4, 0.5) is 0 Å². The monoisotopic (exact) mass is 453 g/mol. The van der Waals surface area contributed by atoms with E-state index in [4.69, 9.17) is 4.74 Å². The number of Topliss-reactive ketones (excluding diaryl/α,β-unsaturated/α-hetero) is 1. The summed E-state index contributed by atoms with van der Waals surface area (Å²) in [5.41, 5.74) is 4.61. The van der Waals surface area contributed by atoms with E-state index in [2.05, 4.69) is 0 Å². The molecule has 1 saturated heterocycles. The fourth-order valence-corrected chi connectivity index (χ4v) is 4.83. The number of ether oxygens (including phenoxy) is 1. The van der Waals surface area contributed by atoms with Crippen LogP contribution >= 0.6 is 0 Å². The number of fused-ring (bicyclic) bond motifs is 1. The average molecular weight is 454 g/mol. The molecule has 3 aromatic rings. The molecule has 1 amide bonds. The van der Waals surface area contributed by atoms with Gasteiger partial charge < -0.3 is 14.7 Å². The summed E-state index contributed by atoms with van der Waals surface area (Å²) in [6, 6.07) is 22.4. The lowest BCUT2D eigenvalue weighted by Gasteiger charge is -2.25. The van der Waals surface area contributed by atoms with Gasteiger partial charge in [-0.15, -0.1) is 0 Å². The van der Waals surface area contributed by atoms with Gasteiger partial charge in [0.1, 0.15) is 17.6 Å². The van der Waals surface area contributed by atoms with Gasteiger partial charge in [-0.05, 0) is 55.2 Å². The third-order valence-electron chi connectivity index (χ3n) is 6.59. The first-order chi connectivity index (χ1) is 16.4. The van der Waals surface area contributed by atoms with Gasteiger partial charge in [-0.25, -0.2) is 0 Å². The van der Waals surface area contributed by atoms with Gasteiger partial charge >= 0.3 is 0 Å². The molecular weight excluding hydrogens is 426 g/mol. The summed E-state index contributed by atoms with van der Waals surface area (Å²) in [5.74, 6) is -0.585. The van der Waals surface area contributed by atoms with Crippen molar-refractivity contribution in [2.24, 2.45) is 0 Å². The van der Waals surface area contributed by atoms with E-state index >= 15 is 0 Å². The van der Waals surface area contributed by atoms with Crippen molar-refractivity contribution >= 4 is 17.4 Å². The second-order valence-corrected chi connectivity index (χ2v) is 9.09. The smallest absolute Gasteiger partial charge is 0.295 e. The number of aliphatic hydroxyl groups is 1. The van der Waals surface area contributed by atoms with E-state index < -0.39 is 17.7 Å². The Morgan fingerprint density at radius 1 is 1.03 bits per heavy atom. The van der Waals surface area contributed by atoms with Crippen LogP contribution in [0.2, 0.25) is 0 Å². The lowest BCUT2D eigenvalue weighted by atomic mass is 9.94. The molecule has 5 heteroatoms. The van der Waals surface area contributed by atoms with E-state index in [1.54, 1.807) is 11.0 Å². The molecule has 2 aliphatic heterocycles. The average Bonchev–Trinajstić information content (AvgIpc) is 3.34. The standard InChI is InChI=1S/C29H27NO4/c1-18-8-10-21(11-9-18)26-25(27(31)22-12-13-24-23(17-22)16-19(2)34-24)28(32)29(33)30(26)15-14-20-6-4-3-5-7-20/h3-13,17,19,26,31H,14-16H2,1-2H3/b27-25+/t19-,26+/m1/s1. The van der Waals surface area contributed by atoms with Crippen LogP contribution in [-0.4, -0.2) is 34.3 Å². The summed E-state index contributed by atoms with van der Waals surface area (Å²) in [5, 5.41) is 11.3. The zero-order chi connectivity index (χ0) is 23.8. The number of likely N-dealkylation sites (tertiary alicyclic amines) is 1. The van der Waals surface area contributed by atoms with Crippen molar-refractivity contribution in [2.75, 3.05) is 6.54 Å². The minimum atomic E-state index is -0.652. The summed E-state index contributed by atoms with van der Waals surface area (Å²) in [6.45, 7) is 4.36. The Balaban J connectivity index is 1.57. The molecule has 0 radical (unpaired) electrons. The second kappa shape index (κ2) is 8.82. The van der Waals surface area contributed by atoms with E-state index in [1.165, 1.54) is 0 Å². The molecule has 0 saturated carbocycles. The summed E-state index contributed by atoms with van der Waals surface area (Å²) in [6.07, 6.45) is 1.43. The molecule has 0 bridgehead atoms. The largest absolute Gasteiger partial charge is 0.507 e. The molecule has 2 heterocycles. The maximum atomic E-state index is 13.2. The number of carbonyl (C=O) groups is 2. The number of ketones is 1. The number of aryl methyl sites for hydroxylation is 1. The Morgan fingerprint density at radius 3 is 2.50 bits per heavy atom. The van der Waals surface area contributed by atoms with E-state index in [0.29, 0.717) is 18.5 Å². The van der Waals surface area contributed by atoms with Crippen LogP contribution in [0.1, 0.15) is 40.8 Å². The summed E-state index contributed by atoms with van der Waals surface area (Å²) in [7, 11) is 0. The Bertz CT molecular complexity index is 1280. The molecule has 34 heavy (non-hydrogen) atoms. The highest BCUT2D eigenvalue weighted by molar-refractivity contribution is 6.46. The van der Waals surface area contributed by atoms with E-state index in [-0.39, 0.29) is 17.4 Å². The van der Waals surface area contributed by atoms with Gasteiger partial charge in [0.15, 0.2) is 0 Å². The van der Waals surface area contributed by atoms with Crippen molar-refractivity contribution in [1.82, 2.24) is 4.90 Å². The first-order valence-corrected chi connectivity index (χ1v) is 11.6. The fraction of sp³-hybridized carbons (Fsp3) is 0.241. The SMILES string of the molecule is Cc1ccc([C@H]2/C(=C(\O)c3ccc4c(c3)C[C@@H](C)O4)C(=O)C(=O)N2CCc2ccccc2)cc1. The van der Waals surface area contributed by atoms with E-state index in [0.717, 1.165) is 34.4 Å². The van der Waals surface area contributed by atoms with Crippen LogP contribution in [0.5, 0.6) is 5.75 Å². The quantitative estimate of drug-likeness (QED) is 0.336. The predicted molar refractivity (Wildman–Crippen MR) is 131 cm³/mol. The number of aliphatic hydroxyl groups excluding tert-OH is 1. The van der Waals surface area contributed by atoms with Gasteiger partial charge in [-0.1, -0.05) is 60.2 Å². The summed E-state index contributed by atoms with van der Waals surface area (Å²) < 4.78 is 5.77. The van der Waals surface area contributed by atoms with Crippen molar-refractivity contribution in [1.29, 1.82) is 0 Å². The molecule has 0 aliphatic carbocycles. The van der Waals surface area contributed by atoms with Gasteiger partial charge in [0.2, 0.25) is 0 Å². The van der Waals surface area contributed by atoms with Crippen LogP contribution in [0.15, 0.2) is 78.4 Å². The van der Waals surface area contributed by atoms with E-state index in [1.807, 2.05) is 80.6 Å². The zero-order valence-corrected chi connectivity index (χ0v) is 19.3. The van der Waals surface area contributed by atoms with Crippen molar-refractivity contribution < 1.29 is 19.4 Å². The first kappa shape index (κ1) is 22.0. The normalized spacial score (nSPS) is 20.9. The highest BCUT2D eigenvalue weighted by atomic mass is 16.5. The molecule has 3 aromatic carbocycles. The maximum Gasteiger partial charge on any atom is 0.295 e.